The van der Waals surface area contributed by atoms with Crippen molar-refractivity contribution in [3.05, 3.63) is 31.8 Å². The van der Waals surface area contributed by atoms with Gasteiger partial charge in [-0.2, -0.15) is 4.39 Å². The minimum atomic E-state index is -1.08. The number of H-pyrrole nitrogens is 1. The van der Waals surface area contributed by atoms with Gasteiger partial charge in [0.05, 0.1) is 0 Å². The van der Waals surface area contributed by atoms with Crippen LogP contribution in [0.2, 0.25) is 5.15 Å². The van der Waals surface area contributed by atoms with Gasteiger partial charge in [0.25, 0.3) is 5.56 Å². The molecule has 4 nitrogen and oxygen atoms in total. The van der Waals surface area contributed by atoms with Crippen molar-refractivity contribution >= 4 is 11.6 Å². The fourth-order valence-electron chi connectivity index (χ4n) is 2.46. The van der Waals surface area contributed by atoms with Gasteiger partial charge in [-0.3, -0.25) is 14.3 Å². The molecule has 1 fully saturated rings. The van der Waals surface area contributed by atoms with E-state index in [0.717, 1.165) is 30.3 Å². The van der Waals surface area contributed by atoms with E-state index in [0.29, 0.717) is 5.92 Å². The zero-order valence-electron chi connectivity index (χ0n) is 10.2. The average molecular weight is 275 g/mol. The van der Waals surface area contributed by atoms with Crippen molar-refractivity contribution in [3.8, 4) is 0 Å². The lowest BCUT2D eigenvalue weighted by molar-refractivity contribution is 0.258. The number of rotatable bonds is 2. The second-order valence-electron chi connectivity index (χ2n) is 5.10. The molecule has 0 saturated heterocycles. The summed E-state index contributed by atoms with van der Waals surface area (Å²) in [4.78, 5) is 25.4. The first-order valence-electron chi connectivity index (χ1n) is 6.17. The van der Waals surface area contributed by atoms with Crippen molar-refractivity contribution in [2.45, 2.75) is 39.2 Å². The van der Waals surface area contributed by atoms with Gasteiger partial charge in [0, 0.05) is 6.54 Å². The van der Waals surface area contributed by atoms with E-state index < -0.39 is 22.2 Å². The maximum absolute atomic E-state index is 13.4. The van der Waals surface area contributed by atoms with Gasteiger partial charge in [0.15, 0.2) is 5.15 Å². The maximum Gasteiger partial charge on any atom is 0.329 e. The highest BCUT2D eigenvalue weighted by Crippen LogP contribution is 2.28. The van der Waals surface area contributed by atoms with Gasteiger partial charge in [-0.25, -0.2) is 4.79 Å². The first kappa shape index (κ1) is 13.3. The number of aromatic nitrogens is 2. The molecule has 0 amide bonds. The summed E-state index contributed by atoms with van der Waals surface area (Å²) < 4.78 is 14.3. The Morgan fingerprint density at radius 1 is 1.33 bits per heavy atom. The maximum atomic E-state index is 13.4. The van der Waals surface area contributed by atoms with Gasteiger partial charge >= 0.3 is 5.69 Å². The molecular weight excluding hydrogens is 259 g/mol. The molecule has 6 heteroatoms. The molecule has 0 spiro atoms. The Morgan fingerprint density at radius 2 is 1.94 bits per heavy atom. The van der Waals surface area contributed by atoms with E-state index in [4.69, 9.17) is 11.6 Å². The van der Waals surface area contributed by atoms with Crippen molar-refractivity contribution in [3.63, 3.8) is 0 Å². The van der Waals surface area contributed by atoms with Crippen LogP contribution in [0.15, 0.2) is 9.59 Å². The number of nitrogens with zero attached hydrogens (tertiary/aromatic N) is 1. The second kappa shape index (κ2) is 5.26. The van der Waals surface area contributed by atoms with E-state index in [9.17, 15) is 14.0 Å². The van der Waals surface area contributed by atoms with E-state index in [1.54, 1.807) is 0 Å². The highest BCUT2D eigenvalue weighted by Gasteiger charge is 2.21. The Labute approximate surface area is 109 Å². The smallest absolute Gasteiger partial charge is 0.295 e. The number of hydrogen-bond donors (Lipinski definition) is 1. The summed E-state index contributed by atoms with van der Waals surface area (Å²) in [7, 11) is 0. The SMILES string of the molecule is CC1CCC(Cn2c(=O)[nH]c(Cl)c(F)c2=O)CC1. The number of halogens is 2. The third kappa shape index (κ3) is 2.66. The Bertz CT molecular complexity index is 544. The lowest BCUT2D eigenvalue weighted by atomic mass is 9.83. The second-order valence-corrected chi connectivity index (χ2v) is 5.48. The van der Waals surface area contributed by atoms with Gasteiger partial charge in [0.1, 0.15) is 0 Å². The molecule has 0 bridgehead atoms. The van der Waals surface area contributed by atoms with Crippen LogP contribution in [-0.2, 0) is 6.54 Å². The van der Waals surface area contributed by atoms with E-state index in [2.05, 4.69) is 11.9 Å². The van der Waals surface area contributed by atoms with Crippen molar-refractivity contribution in [2.24, 2.45) is 11.8 Å². The highest BCUT2D eigenvalue weighted by atomic mass is 35.5. The molecular formula is C12H16ClFN2O2. The van der Waals surface area contributed by atoms with Crippen LogP contribution in [0.25, 0.3) is 0 Å². The van der Waals surface area contributed by atoms with Crippen LogP contribution in [0.1, 0.15) is 32.6 Å². The number of aromatic amines is 1. The molecule has 0 atom stereocenters. The molecule has 1 aromatic rings. The zero-order chi connectivity index (χ0) is 13.3. The molecule has 2 rings (SSSR count). The summed E-state index contributed by atoms with van der Waals surface area (Å²) in [5.74, 6) is -0.126. The van der Waals surface area contributed by atoms with Crippen LogP contribution in [0.3, 0.4) is 0 Å². The topological polar surface area (TPSA) is 54.9 Å². The molecule has 1 N–H and O–H groups in total. The highest BCUT2D eigenvalue weighted by molar-refractivity contribution is 6.29. The predicted octanol–water partition coefficient (Wildman–Crippen LogP) is 2.16. The van der Waals surface area contributed by atoms with Gasteiger partial charge in [-0.15, -0.1) is 0 Å². The van der Waals surface area contributed by atoms with Crippen LogP contribution < -0.4 is 11.2 Å². The number of nitrogens with one attached hydrogen (secondary N) is 1. The molecule has 0 unspecified atom stereocenters. The van der Waals surface area contributed by atoms with Gasteiger partial charge in [-0.1, -0.05) is 31.4 Å². The fourth-order valence-corrected chi connectivity index (χ4v) is 2.62. The van der Waals surface area contributed by atoms with Crippen molar-refractivity contribution in [1.29, 1.82) is 0 Å². The molecule has 1 saturated carbocycles. The van der Waals surface area contributed by atoms with Crippen LogP contribution >= 0.6 is 11.6 Å². The summed E-state index contributed by atoms with van der Waals surface area (Å²) in [6.45, 7) is 2.46. The van der Waals surface area contributed by atoms with E-state index in [-0.39, 0.29) is 12.5 Å². The molecule has 1 heterocycles. The predicted molar refractivity (Wildman–Crippen MR) is 67.4 cm³/mol. The lowest BCUT2D eigenvalue weighted by Crippen LogP contribution is -2.39. The Hall–Kier alpha value is -1.10. The summed E-state index contributed by atoms with van der Waals surface area (Å²) in [5, 5.41) is -0.515. The summed E-state index contributed by atoms with van der Waals surface area (Å²) in [6, 6.07) is 0. The first-order chi connectivity index (χ1) is 8.49. The van der Waals surface area contributed by atoms with Crippen molar-refractivity contribution < 1.29 is 4.39 Å². The quantitative estimate of drug-likeness (QED) is 0.840. The summed E-state index contributed by atoms with van der Waals surface area (Å²) in [5.41, 5.74) is -1.56. The molecule has 0 aromatic carbocycles. The Morgan fingerprint density at radius 3 is 2.56 bits per heavy atom. The van der Waals surface area contributed by atoms with E-state index >= 15 is 0 Å². The third-order valence-electron chi connectivity index (χ3n) is 3.66. The molecule has 1 aliphatic carbocycles. The minimum absolute atomic E-state index is 0.264. The molecule has 1 aromatic heterocycles. The third-order valence-corrected chi connectivity index (χ3v) is 3.92. The monoisotopic (exact) mass is 274 g/mol. The van der Waals surface area contributed by atoms with Gasteiger partial charge < -0.3 is 0 Å². The van der Waals surface area contributed by atoms with Crippen molar-refractivity contribution in [1.82, 2.24) is 9.55 Å². The van der Waals surface area contributed by atoms with Gasteiger partial charge in [0.2, 0.25) is 5.82 Å². The molecule has 100 valence electrons. The lowest BCUT2D eigenvalue weighted by Gasteiger charge is -2.26. The van der Waals surface area contributed by atoms with Crippen LogP contribution in [0.5, 0.6) is 0 Å². The van der Waals surface area contributed by atoms with E-state index in [1.165, 1.54) is 0 Å². The van der Waals surface area contributed by atoms with Crippen LogP contribution in [-0.4, -0.2) is 9.55 Å². The van der Waals surface area contributed by atoms with E-state index in [1.807, 2.05) is 0 Å². The van der Waals surface area contributed by atoms with Crippen LogP contribution in [0.4, 0.5) is 4.39 Å². The van der Waals surface area contributed by atoms with Crippen LogP contribution in [0, 0.1) is 17.7 Å². The first-order valence-corrected chi connectivity index (χ1v) is 6.55. The summed E-state index contributed by atoms with van der Waals surface area (Å²) >= 11 is 5.41. The normalized spacial score (nSPS) is 24.2. The molecule has 1 aliphatic rings. The number of hydrogen-bond acceptors (Lipinski definition) is 2. The Balaban J connectivity index is 2.22. The van der Waals surface area contributed by atoms with Gasteiger partial charge in [-0.05, 0) is 24.7 Å². The minimum Gasteiger partial charge on any atom is -0.295 e. The zero-order valence-corrected chi connectivity index (χ0v) is 11.0. The fraction of sp³-hybridized carbons (Fsp3) is 0.667. The molecule has 0 radical (unpaired) electrons. The average Bonchev–Trinajstić information content (AvgIpc) is 2.34. The van der Waals surface area contributed by atoms with Crippen molar-refractivity contribution in [2.75, 3.05) is 0 Å². The molecule has 18 heavy (non-hydrogen) atoms. The standard InChI is InChI=1S/C12H16ClFN2O2/c1-7-2-4-8(5-3-7)6-16-11(17)9(14)10(13)15-12(16)18/h7-8H,2-6H2,1H3,(H,15,18). The largest absolute Gasteiger partial charge is 0.329 e. The summed E-state index contributed by atoms with van der Waals surface area (Å²) in [6.07, 6.45) is 4.12. The molecule has 0 aliphatic heterocycles. The Kier molecular flexibility index (Phi) is 3.90.